The molecule has 0 saturated heterocycles. The van der Waals surface area contributed by atoms with Crippen LogP contribution in [0.15, 0.2) is 83.8 Å². The molecule has 1 heterocycles. The van der Waals surface area contributed by atoms with E-state index in [4.69, 9.17) is 5.73 Å². The number of nitrogens with zero attached hydrogens (tertiary/aromatic N) is 2. The van der Waals surface area contributed by atoms with Gasteiger partial charge >= 0.3 is 0 Å². The van der Waals surface area contributed by atoms with E-state index in [1.165, 1.54) is 0 Å². The lowest BCUT2D eigenvalue weighted by Gasteiger charge is -2.09. The zero-order chi connectivity index (χ0) is 17.4. The van der Waals surface area contributed by atoms with E-state index in [0.29, 0.717) is 11.0 Å². The monoisotopic (exact) mass is 349 g/mol. The van der Waals surface area contributed by atoms with Crippen molar-refractivity contribution in [2.45, 2.75) is 4.90 Å². The fraction of sp³-hybridized carbons (Fsp3) is 0. The molecule has 0 aliphatic heterocycles. The Hall–Kier alpha value is -3.12. The van der Waals surface area contributed by atoms with Gasteiger partial charge in [0.05, 0.1) is 15.9 Å². The van der Waals surface area contributed by atoms with Gasteiger partial charge in [0, 0.05) is 0 Å². The maximum atomic E-state index is 13.0. The van der Waals surface area contributed by atoms with Crippen molar-refractivity contribution in [2.24, 2.45) is 0 Å². The number of imidazole rings is 1. The molecule has 0 bridgehead atoms. The summed E-state index contributed by atoms with van der Waals surface area (Å²) < 4.78 is 27.1. The van der Waals surface area contributed by atoms with E-state index in [1.54, 1.807) is 48.5 Å². The number of para-hydroxylation sites is 2. The summed E-state index contributed by atoms with van der Waals surface area (Å²) in [6.45, 7) is 0. The molecule has 0 radical (unpaired) electrons. The second-order valence-electron chi connectivity index (χ2n) is 5.62. The van der Waals surface area contributed by atoms with Crippen molar-refractivity contribution in [3.8, 4) is 11.1 Å². The second-order valence-corrected chi connectivity index (χ2v) is 7.41. The van der Waals surface area contributed by atoms with Crippen molar-refractivity contribution in [3.05, 3.63) is 78.9 Å². The maximum absolute atomic E-state index is 13.0. The molecular weight excluding hydrogens is 334 g/mol. The van der Waals surface area contributed by atoms with Gasteiger partial charge in [-0.1, -0.05) is 54.6 Å². The summed E-state index contributed by atoms with van der Waals surface area (Å²) in [5, 5.41) is 0. The molecular formula is C19H15N3O2S. The van der Waals surface area contributed by atoms with Gasteiger partial charge in [-0.25, -0.2) is 17.4 Å². The Balaban J connectivity index is 1.82. The number of hydrogen-bond acceptors (Lipinski definition) is 4. The fourth-order valence-electron chi connectivity index (χ4n) is 2.83. The molecule has 3 aromatic carbocycles. The van der Waals surface area contributed by atoms with Crippen molar-refractivity contribution in [3.63, 3.8) is 0 Å². The lowest BCUT2D eigenvalue weighted by atomic mass is 10.1. The van der Waals surface area contributed by atoms with Crippen LogP contribution in [-0.2, 0) is 10.0 Å². The quantitative estimate of drug-likeness (QED) is 0.614. The normalized spacial score (nSPS) is 11.7. The third-order valence-corrected chi connectivity index (χ3v) is 5.78. The number of nitrogen functional groups attached to an aromatic ring is 1. The minimum atomic E-state index is -3.82. The van der Waals surface area contributed by atoms with Crippen molar-refractivity contribution in [2.75, 3.05) is 5.73 Å². The molecule has 0 fully saturated rings. The van der Waals surface area contributed by atoms with Crippen molar-refractivity contribution in [1.29, 1.82) is 0 Å². The molecule has 0 amide bonds. The Morgan fingerprint density at radius 2 is 1.36 bits per heavy atom. The van der Waals surface area contributed by atoms with E-state index in [0.717, 1.165) is 15.1 Å². The first kappa shape index (κ1) is 15.4. The van der Waals surface area contributed by atoms with Gasteiger partial charge in [0.15, 0.2) is 0 Å². The molecule has 0 aliphatic rings. The zero-order valence-electron chi connectivity index (χ0n) is 13.2. The van der Waals surface area contributed by atoms with Crippen molar-refractivity contribution in [1.82, 2.24) is 8.96 Å². The van der Waals surface area contributed by atoms with Gasteiger partial charge in [0.2, 0.25) is 5.95 Å². The predicted octanol–water partition coefficient (Wildman–Crippen LogP) is 3.52. The first-order valence-electron chi connectivity index (χ1n) is 7.71. The highest BCUT2D eigenvalue weighted by Gasteiger charge is 2.22. The molecule has 1 aromatic heterocycles. The fourth-order valence-corrected chi connectivity index (χ4v) is 4.22. The third kappa shape index (κ3) is 2.56. The number of fused-ring (bicyclic) bond motifs is 1. The maximum Gasteiger partial charge on any atom is 0.271 e. The standard InChI is InChI=1S/C19H15N3O2S/c20-19-21-17-8-4-5-9-18(17)22(19)25(23,24)16-12-10-15(11-13-16)14-6-2-1-3-7-14/h1-13H,(H2,20,21). The average Bonchev–Trinajstić information content (AvgIpc) is 2.99. The Labute approximate surface area is 145 Å². The Morgan fingerprint density at radius 1 is 0.760 bits per heavy atom. The van der Waals surface area contributed by atoms with Crippen LogP contribution in [-0.4, -0.2) is 17.4 Å². The van der Waals surface area contributed by atoms with Crippen LogP contribution < -0.4 is 5.73 Å². The van der Waals surface area contributed by atoms with Gasteiger partial charge in [-0.15, -0.1) is 0 Å². The van der Waals surface area contributed by atoms with Crippen molar-refractivity contribution < 1.29 is 8.42 Å². The minimum Gasteiger partial charge on any atom is -0.368 e. The Kier molecular flexibility index (Phi) is 3.54. The molecule has 0 atom stereocenters. The summed E-state index contributed by atoms with van der Waals surface area (Å²) in [6.07, 6.45) is 0. The number of benzene rings is 3. The van der Waals surface area contributed by atoms with Crippen LogP contribution in [0.5, 0.6) is 0 Å². The molecule has 25 heavy (non-hydrogen) atoms. The van der Waals surface area contributed by atoms with Gasteiger partial charge in [-0.2, -0.15) is 0 Å². The molecule has 0 spiro atoms. The highest BCUT2D eigenvalue weighted by Crippen LogP contribution is 2.26. The zero-order valence-corrected chi connectivity index (χ0v) is 14.0. The number of rotatable bonds is 3. The van der Waals surface area contributed by atoms with Crippen LogP contribution >= 0.6 is 0 Å². The van der Waals surface area contributed by atoms with Crippen LogP contribution in [0.2, 0.25) is 0 Å². The van der Waals surface area contributed by atoms with Crippen LogP contribution in [0.3, 0.4) is 0 Å². The molecule has 4 aromatic rings. The summed E-state index contributed by atoms with van der Waals surface area (Å²) in [6, 6.07) is 23.5. The SMILES string of the molecule is Nc1nc2ccccc2n1S(=O)(=O)c1ccc(-c2ccccc2)cc1. The molecule has 6 heteroatoms. The molecule has 0 saturated carbocycles. The number of nitrogens with two attached hydrogens (primary N) is 1. The topological polar surface area (TPSA) is 78.0 Å². The summed E-state index contributed by atoms with van der Waals surface area (Å²) in [5.41, 5.74) is 8.86. The Bertz CT molecular complexity index is 1150. The summed E-state index contributed by atoms with van der Waals surface area (Å²) in [4.78, 5) is 4.30. The van der Waals surface area contributed by atoms with E-state index < -0.39 is 10.0 Å². The number of aromatic nitrogens is 2. The number of anilines is 1. The van der Waals surface area contributed by atoms with E-state index >= 15 is 0 Å². The average molecular weight is 349 g/mol. The van der Waals surface area contributed by atoms with Crippen molar-refractivity contribution >= 4 is 27.0 Å². The highest BCUT2D eigenvalue weighted by atomic mass is 32.2. The predicted molar refractivity (Wildman–Crippen MR) is 98.6 cm³/mol. The molecule has 5 nitrogen and oxygen atoms in total. The molecule has 0 unspecified atom stereocenters. The van der Waals surface area contributed by atoms with Gasteiger partial charge in [-0.3, -0.25) is 0 Å². The molecule has 2 N–H and O–H groups in total. The first-order valence-corrected chi connectivity index (χ1v) is 9.15. The summed E-state index contributed by atoms with van der Waals surface area (Å²) in [7, 11) is -3.82. The minimum absolute atomic E-state index is 0.0478. The molecule has 124 valence electrons. The van der Waals surface area contributed by atoms with Gasteiger partial charge in [0.25, 0.3) is 10.0 Å². The van der Waals surface area contributed by atoms with E-state index in [9.17, 15) is 8.42 Å². The highest BCUT2D eigenvalue weighted by molar-refractivity contribution is 7.90. The lowest BCUT2D eigenvalue weighted by molar-refractivity contribution is 0.589. The van der Waals surface area contributed by atoms with Gasteiger partial charge < -0.3 is 5.73 Å². The molecule has 4 rings (SSSR count). The summed E-state index contributed by atoms with van der Waals surface area (Å²) >= 11 is 0. The van der Waals surface area contributed by atoms with E-state index in [-0.39, 0.29) is 10.8 Å². The molecule has 0 aliphatic carbocycles. The Morgan fingerprint density at radius 3 is 2.08 bits per heavy atom. The summed E-state index contributed by atoms with van der Waals surface area (Å²) in [5.74, 6) is -0.0478. The van der Waals surface area contributed by atoms with Crippen LogP contribution in [0.1, 0.15) is 0 Å². The smallest absolute Gasteiger partial charge is 0.271 e. The van der Waals surface area contributed by atoms with Crippen LogP contribution in [0.4, 0.5) is 5.95 Å². The van der Waals surface area contributed by atoms with Gasteiger partial charge in [-0.05, 0) is 35.4 Å². The number of hydrogen-bond donors (Lipinski definition) is 1. The van der Waals surface area contributed by atoms with E-state index in [1.807, 2.05) is 30.3 Å². The first-order chi connectivity index (χ1) is 12.1. The van der Waals surface area contributed by atoms with E-state index in [2.05, 4.69) is 4.98 Å². The largest absolute Gasteiger partial charge is 0.368 e. The second kappa shape index (κ2) is 5.75. The van der Waals surface area contributed by atoms with Crippen LogP contribution in [0.25, 0.3) is 22.2 Å². The van der Waals surface area contributed by atoms with Crippen LogP contribution in [0, 0.1) is 0 Å². The lowest BCUT2D eigenvalue weighted by Crippen LogP contribution is -2.15. The van der Waals surface area contributed by atoms with Gasteiger partial charge in [0.1, 0.15) is 0 Å². The third-order valence-electron chi connectivity index (χ3n) is 4.04.